The number of methoxy groups -OCH3 is 1. The van der Waals surface area contributed by atoms with Crippen molar-refractivity contribution >= 4 is 13.5 Å². The van der Waals surface area contributed by atoms with Gasteiger partial charge in [0.1, 0.15) is 48.8 Å². The third kappa shape index (κ3) is 10.5. The number of hydrogen-bond donors (Lipinski definition) is 0. The Labute approximate surface area is 390 Å². The first kappa shape index (κ1) is 47.0. The van der Waals surface area contributed by atoms with Gasteiger partial charge < -0.3 is 51.8 Å². The van der Waals surface area contributed by atoms with Crippen molar-refractivity contribution in [3.63, 3.8) is 0 Å². The maximum atomic E-state index is 7.48. The Balaban J connectivity index is 1.16. The summed E-state index contributed by atoms with van der Waals surface area (Å²) in [5.41, 5.74) is 5.34. The molecule has 9 rings (SSSR count). The van der Waals surface area contributed by atoms with Crippen molar-refractivity contribution in [1.29, 1.82) is 0 Å². The van der Waals surface area contributed by atoms with Crippen LogP contribution in [-0.4, -0.2) is 90.1 Å². The largest absolute Gasteiger partial charge is 0.409 e. The van der Waals surface area contributed by atoms with Crippen LogP contribution in [0.25, 0.3) is 0 Å². The SMILES string of the molecule is CO[C@H]1O[C@@H]2CO[Si](C(C)C)(C(C)C)c3cccc(c3)CO[C@@H]3[C@@H](OCc4ccccc4)[C@H](O[C@H]2[C@H](OCc2ccccc2)[C@H]1OCc1ccccc1)O[C@@H]1CO[C@@H](c2ccccc2)O[C@@H]31. The molecule has 66 heavy (non-hydrogen) atoms. The Kier molecular flexibility index (Phi) is 15.6. The molecular formula is C54H64O11Si. The van der Waals surface area contributed by atoms with Gasteiger partial charge in [-0.15, -0.1) is 0 Å². The third-order valence-electron chi connectivity index (χ3n) is 13.3. The van der Waals surface area contributed by atoms with Gasteiger partial charge >= 0.3 is 0 Å². The van der Waals surface area contributed by atoms with Crippen molar-refractivity contribution in [3.8, 4) is 0 Å². The van der Waals surface area contributed by atoms with Gasteiger partial charge in [-0.3, -0.25) is 0 Å². The van der Waals surface area contributed by atoms with E-state index in [1.54, 1.807) is 7.11 Å². The average molecular weight is 917 g/mol. The summed E-state index contributed by atoms with van der Waals surface area (Å²) >= 11 is 0. The van der Waals surface area contributed by atoms with E-state index in [2.05, 4.69) is 52.0 Å². The Morgan fingerprint density at radius 3 is 1.68 bits per heavy atom. The molecule has 0 saturated carbocycles. The molecule has 4 bridgehead atoms. The molecule has 4 aliphatic heterocycles. The molecule has 0 aliphatic carbocycles. The normalized spacial score (nSPS) is 30.0. The summed E-state index contributed by atoms with van der Waals surface area (Å²) in [7, 11) is -1.13. The minimum Gasteiger partial charge on any atom is -0.409 e. The van der Waals surface area contributed by atoms with E-state index in [0.29, 0.717) is 13.2 Å². The van der Waals surface area contributed by atoms with E-state index >= 15 is 0 Å². The fraction of sp³-hybridized carbons (Fsp3) is 0.444. The van der Waals surface area contributed by atoms with Gasteiger partial charge in [0.2, 0.25) is 8.32 Å². The number of fused-ring (bicyclic) bond motifs is 7. The molecule has 0 spiro atoms. The first-order valence-corrected chi connectivity index (χ1v) is 25.5. The average Bonchev–Trinajstić information content (AvgIpc) is 3.35. The van der Waals surface area contributed by atoms with Crippen LogP contribution in [0.1, 0.15) is 61.8 Å². The zero-order chi connectivity index (χ0) is 45.5. The zero-order valence-corrected chi connectivity index (χ0v) is 39.6. The molecule has 3 saturated heterocycles. The van der Waals surface area contributed by atoms with Gasteiger partial charge in [0, 0.05) is 12.7 Å². The molecule has 4 heterocycles. The van der Waals surface area contributed by atoms with Crippen LogP contribution in [0.4, 0.5) is 0 Å². The number of ether oxygens (including phenoxy) is 10. The summed E-state index contributed by atoms with van der Waals surface area (Å²) < 4.78 is 76.6. The van der Waals surface area contributed by atoms with E-state index in [1.807, 2.05) is 121 Å². The Hall–Kier alpha value is -4.12. The van der Waals surface area contributed by atoms with Gasteiger partial charge in [-0.25, -0.2) is 0 Å². The van der Waals surface area contributed by atoms with Crippen molar-refractivity contribution in [1.82, 2.24) is 0 Å². The summed E-state index contributed by atoms with van der Waals surface area (Å²) in [5, 5.41) is 1.19. The summed E-state index contributed by atoms with van der Waals surface area (Å²) in [6, 6.07) is 48.9. The molecule has 0 unspecified atom stereocenters. The Bertz CT molecular complexity index is 2230. The molecule has 0 amide bonds. The van der Waals surface area contributed by atoms with Gasteiger partial charge in [-0.2, -0.15) is 0 Å². The molecule has 12 heteroatoms. The molecule has 350 valence electrons. The molecule has 0 N–H and O–H groups in total. The highest BCUT2D eigenvalue weighted by molar-refractivity contribution is 6.88. The second-order valence-electron chi connectivity index (χ2n) is 18.3. The lowest BCUT2D eigenvalue weighted by atomic mass is 9.95. The minimum absolute atomic E-state index is 0.202. The fourth-order valence-electron chi connectivity index (χ4n) is 10.1. The maximum Gasteiger partial charge on any atom is 0.229 e. The van der Waals surface area contributed by atoms with Crippen LogP contribution in [0.5, 0.6) is 0 Å². The molecule has 0 aromatic heterocycles. The van der Waals surface area contributed by atoms with Crippen LogP contribution >= 0.6 is 0 Å². The van der Waals surface area contributed by atoms with E-state index in [9.17, 15) is 0 Å². The predicted molar refractivity (Wildman–Crippen MR) is 251 cm³/mol. The van der Waals surface area contributed by atoms with Crippen LogP contribution in [0.2, 0.25) is 11.1 Å². The summed E-state index contributed by atoms with van der Waals surface area (Å²) in [4.78, 5) is 0. The molecule has 3 fully saturated rings. The molecule has 4 aliphatic rings. The van der Waals surface area contributed by atoms with Crippen LogP contribution in [0.3, 0.4) is 0 Å². The van der Waals surface area contributed by atoms with Crippen LogP contribution in [-0.2, 0) is 78.2 Å². The molecule has 11 atom stereocenters. The fourth-order valence-corrected chi connectivity index (χ4v) is 14.8. The zero-order valence-electron chi connectivity index (χ0n) is 38.6. The van der Waals surface area contributed by atoms with E-state index in [4.69, 9.17) is 51.8 Å². The smallest absolute Gasteiger partial charge is 0.229 e. The highest BCUT2D eigenvalue weighted by atomic mass is 28.4. The van der Waals surface area contributed by atoms with Gasteiger partial charge in [-0.1, -0.05) is 173 Å². The second-order valence-corrected chi connectivity index (χ2v) is 23.0. The predicted octanol–water partition coefficient (Wildman–Crippen LogP) is 8.93. The van der Waals surface area contributed by atoms with E-state index < -0.39 is 76.0 Å². The maximum absolute atomic E-state index is 7.48. The third-order valence-corrected chi connectivity index (χ3v) is 18.6. The van der Waals surface area contributed by atoms with Crippen molar-refractivity contribution < 1.29 is 51.8 Å². The number of hydrogen-bond acceptors (Lipinski definition) is 11. The molecule has 5 aromatic rings. The molecule has 0 radical (unpaired) electrons. The minimum atomic E-state index is -2.77. The highest BCUT2D eigenvalue weighted by Gasteiger charge is 2.57. The first-order chi connectivity index (χ1) is 32.3. The van der Waals surface area contributed by atoms with Crippen LogP contribution in [0, 0.1) is 0 Å². The first-order valence-electron chi connectivity index (χ1n) is 23.4. The monoisotopic (exact) mass is 916 g/mol. The topological polar surface area (TPSA) is 102 Å². The van der Waals surface area contributed by atoms with Crippen molar-refractivity contribution in [2.45, 2.75) is 133 Å². The standard InChI is InChI=1S/C54H64O11Si/c1-36(2)66(37(3)4)43-28-18-25-41(29-43)33-57-49-46-44(34-60-52(64-46)42-26-16-9-17-27-42)63-54(51(49)59-32-40-23-14-8-15-24-40)65-47-45(35-61-66)62-53(55-5)50(58-31-39-21-12-7-13-22-39)48(47)56-30-38-19-10-6-11-20-38/h6-29,36-37,44-54H,30-35H2,1-5H3/t44-,45-,46-,47-,48+,49+,50-,51-,52-,53+,54+/m1/s1. The van der Waals surface area contributed by atoms with E-state index in [-0.39, 0.29) is 37.5 Å². The molecular weight excluding hydrogens is 853 g/mol. The molecule has 5 aromatic carbocycles. The van der Waals surface area contributed by atoms with Crippen molar-refractivity contribution in [2.24, 2.45) is 0 Å². The highest BCUT2D eigenvalue weighted by Crippen LogP contribution is 2.41. The summed E-state index contributed by atoms with van der Waals surface area (Å²) in [5.74, 6) is 0. The van der Waals surface area contributed by atoms with Crippen molar-refractivity contribution in [2.75, 3.05) is 20.3 Å². The quantitative estimate of drug-likeness (QED) is 0.106. The summed E-state index contributed by atoms with van der Waals surface area (Å²) in [6.45, 7) is 10.6. The number of rotatable bonds is 13. The lowest BCUT2D eigenvalue weighted by Crippen LogP contribution is -2.68. The van der Waals surface area contributed by atoms with E-state index in [1.165, 1.54) is 5.19 Å². The van der Waals surface area contributed by atoms with Gasteiger partial charge in [0.05, 0.1) is 39.6 Å². The van der Waals surface area contributed by atoms with Gasteiger partial charge in [0.25, 0.3) is 0 Å². The van der Waals surface area contributed by atoms with Gasteiger partial charge in [-0.05, 0) is 38.5 Å². The van der Waals surface area contributed by atoms with E-state index in [0.717, 1.165) is 27.8 Å². The summed E-state index contributed by atoms with van der Waals surface area (Å²) in [6.07, 6.45) is -8.02. The van der Waals surface area contributed by atoms with Gasteiger partial charge in [0.15, 0.2) is 18.9 Å². The lowest BCUT2D eigenvalue weighted by molar-refractivity contribution is -0.396. The van der Waals surface area contributed by atoms with Crippen LogP contribution < -0.4 is 5.19 Å². The number of benzene rings is 5. The molecule has 11 nitrogen and oxygen atoms in total. The Morgan fingerprint density at radius 1 is 0.530 bits per heavy atom. The van der Waals surface area contributed by atoms with Crippen molar-refractivity contribution in [3.05, 3.63) is 173 Å². The van der Waals surface area contributed by atoms with Crippen LogP contribution in [0.15, 0.2) is 146 Å². The second kappa shape index (κ2) is 21.9. The Morgan fingerprint density at radius 2 is 1.09 bits per heavy atom. The lowest BCUT2D eigenvalue weighted by Gasteiger charge is -2.52.